The molecule has 0 aliphatic rings. The predicted molar refractivity (Wildman–Crippen MR) is 74.4 cm³/mol. The van der Waals surface area contributed by atoms with Gasteiger partial charge in [0.15, 0.2) is 0 Å². The summed E-state index contributed by atoms with van der Waals surface area (Å²) in [6, 6.07) is 7.24. The highest BCUT2D eigenvalue weighted by molar-refractivity contribution is 5.99. The molecule has 1 heterocycles. The van der Waals surface area contributed by atoms with Crippen LogP contribution in [0.4, 0.5) is 0 Å². The fraction of sp³-hybridized carbons (Fsp3) is 0.333. The summed E-state index contributed by atoms with van der Waals surface area (Å²) in [6.45, 7) is 5.64. The minimum Gasteiger partial charge on any atom is -0.422 e. The van der Waals surface area contributed by atoms with E-state index in [0.29, 0.717) is 11.1 Å². The first-order valence-electron chi connectivity index (χ1n) is 6.38. The third-order valence-electron chi connectivity index (χ3n) is 3.29. The van der Waals surface area contributed by atoms with Crippen LogP contribution in [0, 0.1) is 6.92 Å². The van der Waals surface area contributed by atoms with Crippen molar-refractivity contribution in [2.75, 3.05) is 0 Å². The summed E-state index contributed by atoms with van der Waals surface area (Å²) in [6.07, 6.45) is 0.809. The highest BCUT2D eigenvalue weighted by Gasteiger charge is 2.19. The molecule has 1 aromatic carbocycles. The Morgan fingerprint density at radius 1 is 1.37 bits per heavy atom. The number of carbonyl (C=O) groups is 1. The maximum Gasteiger partial charge on any atom is 0.349 e. The standard InChI is InChI=1S/C15H17NO3/c1-4-9(2)16-14(17)13-10(3)11-7-5-6-8-12(11)19-15(13)18/h5-9H,4H2,1-3H3,(H,16,17). The molecule has 1 N–H and O–H groups in total. The zero-order valence-corrected chi connectivity index (χ0v) is 11.3. The lowest BCUT2D eigenvalue weighted by Crippen LogP contribution is -2.35. The average Bonchev–Trinajstić information content (AvgIpc) is 2.38. The van der Waals surface area contributed by atoms with Crippen LogP contribution in [-0.4, -0.2) is 11.9 Å². The summed E-state index contributed by atoms with van der Waals surface area (Å²) in [4.78, 5) is 24.1. The third-order valence-corrected chi connectivity index (χ3v) is 3.29. The zero-order valence-electron chi connectivity index (χ0n) is 11.3. The van der Waals surface area contributed by atoms with E-state index in [-0.39, 0.29) is 17.5 Å². The number of carbonyl (C=O) groups excluding carboxylic acids is 1. The molecular weight excluding hydrogens is 242 g/mol. The van der Waals surface area contributed by atoms with Crippen LogP contribution >= 0.6 is 0 Å². The normalized spacial score (nSPS) is 12.4. The topological polar surface area (TPSA) is 59.3 Å². The van der Waals surface area contributed by atoms with Crippen LogP contribution in [0.5, 0.6) is 0 Å². The summed E-state index contributed by atoms with van der Waals surface area (Å²) >= 11 is 0. The number of aryl methyl sites for hydroxylation is 1. The highest BCUT2D eigenvalue weighted by Crippen LogP contribution is 2.18. The summed E-state index contributed by atoms with van der Waals surface area (Å²) in [5.74, 6) is -0.369. The van der Waals surface area contributed by atoms with Crippen LogP contribution < -0.4 is 10.9 Å². The van der Waals surface area contributed by atoms with Crippen LogP contribution in [0.1, 0.15) is 36.2 Å². The molecule has 0 radical (unpaired) electrons. The summed E-state index contributed by atoms with van der Waals surface area (Å²) in [5.41, 5.74) is 0.675. The fourth-order valence-electron chi connectivity index (χ4n) is 1.97. The minimum absolute atomic E-state index is 0.0257. The first kappa shape index (κ1) is 13.3. The van der Waals surface area contributed by atoms with Crippen molar-refractivity contribution >= 4 is 16.9 Å². The number of hydrogen-bond acceptors (Lipinski definition) is 3. The van der Waals surface area contributed by atoms with Crippen LogP contribution in [0.15, 0.2) is 33.5 Å². The molecule has 4 heteroatoms. The molecule has 0 aliphatic carbocycles. The van der Waals surface area contributed by atoms with E-state index in [1.54, 1.807) is 19.1 Å². The largest absolute Gasteiger partial charge is 0.422 e. The lowest BCUT2D eigenvalue weighted by atomic mass is 10.1. The van der Waals surface area contributed by atoms with Gasteiger partial charge in [0, 0.05) is 11.4 Å². The Hall–Kier alpha value is -2.10. The molecule has 0 aliphatic heterocycles. The van der Waals surface area contributed by atoms with E-state index in [2.05, 4.69) is 5.32 Å². The van der Waals surface area contributed by atoms with Crippen LogP contribution in [-0.2, 0) is 0 Å². The lowest BCUT2D eigenvalue weighted by Gasteiger charge is -2.12. The van der Waals surface area contributed by atoms with Crippen LogP contribution in [0.2, 0.25) is 0 Å². The SMILES string of the molecule is CCC(C)NC(=O)c1c(C)c2ccccc2oc1=O. The van der Waals surface area contributed by atoms with E-state index < -0.39 is 5.63 Å². The van der Waals surface area contributed by atoms with Crippen molar-refractivity contribution in [1.29, 1.82) is 0 Å². The monoisotopic (exact) mass is 259 g/mol. The molecule has 0 saturated heterocycles. The number of para-hydroxylation sites is 1. The number of rotatable bonds is 3. The molecule has 2 rings (SSSR count). The molecule has 1 amide bonds. The zero-order chi connectivity index (χ0) is 14.0. The molecule has 2 aromatic rings. The van der Waals surface area contributed by atoms with Gasteiger partial charge in [-0.15, -0.1) is 0 Å². The van der Waals surface area contributed by atoms with E-state index in [1.807, 2.05) is 26.0 Å². The first-order chi connectivity index (χ1) is 9.04. The van der Waals surface area contributed by atoms with Crippen LogP contribution in [0.3, 0.4) is 0 Å². The molecule has 0 spiro atoms. The molecule has 0 fully saturated rings. The number of amides is 1. The number of hydrogen-bond donors (Lipinski definition) is 1. The molecule has 1 atom stereocenters. The molecule has 0 bridgehead atoms. The third kappa shape index (κ3) is 2.52. The van der Waals surface area contributed by atoms with E-state index in [9.17, 15) is 9.59 Å². The molecule has 100 valence electrons. The quantitative estimate of drug-likeness (QED) is 0.862. The minimum atomic E-state index is -0.586. The molecule has 1 aromatic heterocycles. The second-order valence-corrected chi connectivity index (χ2v) is 4.67. The van der Waals surface area contributed by atoms with Gasteiger partial charge in [-0.2, -0.15) is 0 Å². The second-order valence-electron chi connectivity index (χ2n) is 4.67. The van der Waals surface area contributed by atoms with Crippen molar-refractivity contribution in [2.24, 2.45) is 0 Å². The smallest absolute Gasteiger partial charge is 0.349 e. The van der Waals surface area contributed by atoms with Gasteiger partial charge in [0.1, 0.15) is 11.1 Å². The van der Waals surface area contributed by atoms with E-state index in [0.717, 1.165) is 11.8 Å². The van der Waals surface area contributed by atoms with Gasteiger partial charge in [-0.1, -0.05) is 25.1 Å². The van der Waals surface area contributed by atoms with Gasteiger partial charge < -0.3 is 9.73 Å². The van der Waals surface area contributed by atoms with Crippen molar-refractivity contribution in [3.05, 3.63) is 45.8 Å². The molecule has 0 saturated carbocycles. The van der Waals surface area contributed by atoms with Gasteiger partial charge >= 0.3 is 5.63 Å². The Morgan fingerprint density at radius 2 is 2.05 bits per heavy atom. The Bertz CT molecular complexity index is 673. The average molecular weight is 259 g/mol. The maximum absolute atomic E-state index is 12.1. The Kier molecular flexibility index (Phi) is 3.69. The van der Waals surface area contributed by atoms with E-state index in [4.69, 9.17) is 4.42 Å². The Balaban J connectivity index is 2.55. The van der Waals surface area contributed by atoms with Crippen molar-refractivity contribution < 1.29 is 9.21 Å². The van der Waals surface area contributed by atoms with Crippen molar-refractivity contribution in [3.8, 4) is 0 Å². The number of nitrogens with one attached hydrogen (secondary N) is 1. The second kappa shape index (κ2) is 5.26. The van der Waals surface area contributed by atoms with Crippen molar-refractivity contribution in [3.63, 3.8) is 0 Å². The summed E-state index contributed by atoms with van der Waals surface area (Å²) in [5, 5.41) is 3.58. The molecular formula is C15H17NO3. The number of fused-ring (bicyclic) bond motifs is 1. The summed E-state index contributed by atoms with van der Waals surface area (Å²) < 4.78 is 5.19. The Morgan fingerprint density at radius 3 is 2.74 bits per heavy atom. The van der Waals surface area contributed by atoms with Crippen molar-refractivity contribution in [1.82, 2.24) is 5.32 Å². The van der Waals surface area contributed by atoms with Gasteiger partial charge in [-0.25, -0.2) is 4.79 Å². The summed E-state index contributed by atoms with van der Waals surface area (Å²) in [7, 11) is 0. The highest BCUT2D eigenvalue weighted by atomic mass is 16.4. The fourth-order valence-corrected chi connectivity index (χ4v) is 1.97. The number of benzene rings is 1. The van der Waals surface area contributed by atoms with E-state index in [1.165, 1.54) is 0 Å². The van der Waals surface area contributed by atoms with Gasteiger partial charge in [-0.3, -0.25) is 4.79 Å². The Labute approximate surface area is 111 Å². The van der Waals surface area contributed by atoms with Crippen LogP contribution in [0.25, 0.3) is 11.0 Å². The first-order valence-corrected chi connectivity index (χ1v) is 6.38. The van der Waals surface area contributed by atoms with Gasteiger partial charge in [-0.05, 0) is 31.9 Å². The lowest BCUT2D eigenvalue weighted by molar-refractivity contribution is 0.0935. The van der Waals surface area contributed by atoms with Gasteiger partial charge in [0.25, 0.3) is 5.91 Å². The van der Waals surface area contributed by atoms with Gasteiger partial charge in [0.2, 0.25) is 0 Å². The molecule has 4 nitrogen and oxygen atoms in total. The van der Waals surface area contributed by atoms with Crippen molar-refractivity contribution in [2.45, 2.75) is 33.2 Å². The predicted octanol–water partition coefficient (Wildman–Crippen LogP) is 2.63. The molecule has 19 heavy (non-hydrogen) atoms. The maximum atomic E-state index is 12.1. The molecule has 1 unspecified atom stereocenters. The van der Waals surface area contributed by atoms with E-state index >= 15 is 0 Å². The van der Waals surface area contributed by atoms with Gasteiger partial charge in [0.05, 0.1) is 0 Å².